The lowest BCUT2D eigenvalue weighted by molar-refractivity contribution is -0.124. The Hall–Kier alpha value is -1.76. The summed E-state index contributed by atoms with van der Waals surface area (Å²) < 4.78 is 28.2. The van der Waals surface area contributed by atoms with Gasteiger partial charge in [0, 0.05) is 0 Å². The smallest absolute Gasteiger partial charge is 0.258 e. The molecule has 1 heterocycles. The second-order valence-electron chi connectivity index (χ2n) is 5.28. The van der Waals surface area contributed by atoms with Gasteiger partial charge in [0.1, 0.15) is 5.75 Å². The Labute approximate surface area is 118 Å². The monoisotopic (exact) mass is 298 g/mol. The van der Waals surface area contributed by atoms with Gasteiger partial charge in [-0.15, -0.1) is 0 Å². The Morgan fingerprint density at radius 3 is 2.75 bits per heavy atom. The number of para-hydroxylation sites is 2. The molecule has 0 aromatic heterocycles. The van der Waals surface area contributed by atoms with E-state index in [0.29, 0.717) is 17.9 Å². The van der Waals surface area contributed by atoms with Crippen LogP contribution in [0.2, 0.25) is 0 Å². The minimum absolute atomic E-state index is 0.0286. The maximum absolute atomic E-state index is 11.8. The van der Waals surface area contributed by atoms with Crippen molar-refractivity contribution in [2.24, 2.45) is 0 Å². The molecular weight excluding hydrogens is 280 g/mol. The maximum Gasteiger partial charge on any atom is 0.258 e. The van der Waals surface area contributed by atoms with Crippen LogP contribution in [0, 0.1) is 0 Å². The lowest BCUT2D eigenvalue weighted by Crippen LogP contribution is -2.48. The molecule has 1 aromatic carbocycles. The van der Waals surface area contributed by atoms with E-state index in [1.807, 2.05) is 0 Å². The molecule has 1 unspecified atom stereocenters. The number of anilines is 1. The number of carbonyl (C=O) groups excluding carboxylic acids is 1. The van der Waals surface area contributed by atoms with Crippen LogP contribution in [0.1, 0.15) is 13.3 Å². The Balaban J connectivity index is 1.89. The second-order valence-corrected chi connectivity index (χ2v) is 7.46. The van der Waals surface area contributed by atoms with Gasteiger partial charge in [-0.1, -0.05) is 12.1 Å². The largest absolute Gasteiger partial charge is 0.482 e. The number of nitrogens with two attached hydrogens (primary N) is 1. The molecule has 1 aromatic rings. The average Bonchev–Trinajstić information content (AvgIpc) is 2.62. The van der Waals surface area contributed by atoms with Gasteiger partial charge >= 0.3 is 0 Å². The number of hydrogen-bond acceptors (Lipinski definition) is 5. The van der Waals surface area contributed by atoms with Crippen molar-refractivity contribution < 1.29 is 17.9 Å². The standard InChI is InChI=1S/C13H18N2O4S/c1-13(6-7-20(17,18)9-13)15-12(16)8-19-11-5-3-2-4-10(11)14/h2-5H,6-9,14H2,1H3,(H,15,16). The number of benzene rings is 1. The molecule has 0 spiro atoms. The first-order chi connectivity index (χ1) is 9.30. The van der Waals surface area contributed by atoms with Gasteiger partial charge in [-0.2, -0.15) is 0 Å². The van der Waals surface area contributed by atoms with Gasteiger partial charge in [-0.3, -0.25) is 4.79 Å². The molecule has 1 amide bonds. The van der Waals surface area contributed by atoms with E-state index in [2.05, 4.69) is 5.32 Å². The van der Waals surface area contributed by atoms with Gasteiger partial charge in [0.05, 0.1) is 22.7 Å². The third-order valence-electron chi connectivity index (χ3n) is 3.22. The van der Waals surface area contributed by atoms with Crippen molar-refractivity contribution in [3.8, 4) is 5.75 Å². The fourth-order valence-corrected chi connectivity index (χ4v) is 4.33. The third kappa shape index (κ3) is 3.63. The summed E-state index contributed by atoms with van der Waals surface area (Å²) in [5.74, 6) is 0.162. The zero-order chi connectivity index (χ0) is 14.8. The molecule has 1 aliphatic heterocycles. The van der Waals surface area contributed by atoms with E-state index in [0.717, 1.165) is 0 Å². The van der Waals surface area contributed by atoms with Crippen LogP contribution in [0.25, 0.3) is 0 Å². The van der Waals surface area contributed by atoms with Gasteiger partial charge in [0.2, 0.25) is 0 Å². The highest BCUT2D eigenvalue weighted by molar-refractivity contribution is 7.91. The number of sulfone groups is 1. The predicted molar refractivity (Wildman–Crippen MR) is 76.2 cm³/mol. The molecule has 1 fully saturated rings. The van der Waals surface area contributed by atoms with Gasteiger partial charge < -0.3 is 15.8 Å². The quantitative estimate of drug-likeness (QED) is 0.781. The summed E-state index contributed by atoms with van der Waals surface area (Å²) in [6.07, 6.45) is 0.425. The molecule has 1 aliphatic rings. The Morgan fingerprint density at radius 2 is 2.15 bits per heavy atom. The van der Waals surface area contributed by atoms with Gasteiger partial charge in [0.25, 0.3) is 5.91 Å². The van der Waals surface area contributed by atoms with Crippen LogP contribution in [-0.2, 0) is 14.6 Å². The van der Waals surface area contributed by atoms with Gasteiger partial charge in [0.15, 0.2) is 16.4 Å². The number of hydrogen-bond donors (Lipinski definition) is 2. The zero-order valence-corrected chi connectivity index (χ0v) is 12.1. The van der Waals surface area contributed by atoms with Crippen molar-refractivity contribution in [1.82, 2.24) is 5.32 Å². The Kier molecular flexibility index (Phi) is 3.89. The molecule has 0 bridgehead atoms. The summed E-state index contributed by atoms with van der Waals surface area (Å²) in [4.78, 5) is 11.8. The van der Waals surface area contributed by atoms with Crippen LogP contribution in [0.15, 0.2) is 24.3 Å². The van der Waals surface area contributed by atoms with E-state index in [1.165, 1.54) is 0 Å². The maximum atomic E-state index is 11.8. The fourth-order valence-electron chi connectivity index (χ4n) is 2.24. The predicted octanol–water partition coefficient (Wildman–Crippen LogP) is 0.341. The first kappa shape index (κ1) is 14.6. The second kappa shape index (κ2) is 5.32. The van der Waals surface area contributed by atoms with E-state index in [9.17, 15) is 13.2 Å². The van der Waals surface area contributed by atoms with Crippen LogP contribution in [0.4, 0.5) is 5.69 Å². The molecule has 110 valence electrons. The van der Waals surface area contributed by atoms with E-state index in [-0.39, 0.29) is 24.0 Å². The normalized spacial score (nSPS) is 24.2. The number of rotatable bonds is 4. The van der Waals surface area contributed by atoms with Crippen LogP contribution in [0.3, 0.4) is 0 Å². The van der Waals surface area contributed by atoms with Crippen LogP contribution >= 0.6 is 0 Å². The number of carbonyl (C=O) groups is 1. The lowest BCUT2D eigenvalue weighted by Gasteiger charge is -2.23. The number of nitrogens with one attached hydrogen (secondary N) is 1. The number of ether oxygens (including phenoxy) is 1. The van der Waals surface area contributed by atoms with Crippen LogP contribution in [0.5, 0.6) is 5.75 Å². The van der Waals surface area contributed by atoms with E-state index in [4.69, 9.17) is 10.5 Å². The number of nitrogen functional groups attached to an aromatic ring is 1. The van der Waals surface area contributed by atoms with Crippen molar-refractivity contribution in [1.29, 1.82) is 0 Å². The van der Waals surface area contributed by atoms with Crippen molar-refractivity contribution in [2.45, 2.75) is 18.9 Å². The molecule has 7 heteroatoms. The molecule has 20 heavy (non-hydrogen) atoms. The van der Waals surface area contributed by atoms with Gasteiger partial charge in [-0.05, 0) is 25.5 Å². The molecule has 6 nitrogen and oxygen atoms in total. The number of amides is 1. The highest BCUT2D eigenvalue weighted by Gasteiger charge is 2.39. The lowest BCUT2D eigenvalue weighted by atomic mass is 10.0. The fraction of sp³-hybridized carbons (Fsp3) is 0.462. The summed E-state index contributed by atoms with van der Waals surface area (Å²) in [5, 5.41) is 2.72. The van der Waals surface area contributed by atoms with E-state index < -0.39 is 15.4 Å². The Morgan fingerprint density at radius 1 is 1.45 bits per heavy atom. The minimum atomic E-state index is -3.05. The van der Waals surface area contributed by atoms with Crippen molar-refractivity contribution >= 4 is 21.4 Å². The van der Waals surface area contributed by atoms with Crippen molar-refractivity contribution in [3.05, 3.63) is 24.3 Å². The first-order valence-electron chi connectivity index (χ1n) is 6.28. The minimum Gasteiger partial charge on any atom is -0.482 e. The third-order valence-corrected chi connectivity index (χ3v) is 5.13. The Bertz CT molecular complexity index is 615. The first-order valence-corrected chi connectivity index (χ1v) is 8.11. The summed E-state index contributed by atoms with van der Waals surface area (Å²) >= 11 is 0. The average molecular weight is 298 g/mol. The summed E-state index contributed by atoms with van der Waals surface area (Å²) in [7, 11) is -3.05. The molecule has 1 saturated heterocycles. The molecule has 0 saturated carbocycles. The van der Waals surface area contributed by atoms with Crippen LogP contribution < -0.4 is 15.8 Å². The molecule has 0 aliphatic carbocycles. The summed E-state index contributed by atoms with van der Waals surface area (Å²) in [6, 6.07) is 6.88. The van der Waals surface area contributed by atoms with Crippen molar-refractivity contribution in [3.63, 3.8) is 0 Å². The SMILES string of the molecule is CC1(NC(=O)COc2ccccc2N)CCS(=O)(=O)C1. The highest BCUT2D eigenvalue weighted by Crippen LogP contribution is 2.23. The van der Waals surface area contributed by atoms with Gasteiger partial charge in [-0.25, -0.2) is 8.42 Å². The van der Waals surface area contributed by atoms with E-state index in [1.54, 1.807) is 31.2 Å². The molecule has 1 atom stereocenters. The zero-order valence-electron chi connectivity index (χ0n) is 11.3. The van der Waals surface area contributed by atoms with Crippen LogP contribution in [-0.4, -0.2) is 38.0 Å². The molecule has 2 rings (SSSR count). The van der Waals surface area contributed by atoms with Crippen molar-refractivity contribution in [2.75, 3.05) is 23.8 Å². The topological polar surface area (TPSA) is 98.5 Å². The molecule has 3 N–H and O–H groups in total. The summed E-state index contributed by atoms with van der Waals surface area (Å²) in [5.41, 5.74) is 5.44. The van der Waals surface area contributed by atoms with E-state index >= 15 is 0 Å². The highest BCUT2D eigenvalue weighted by atomic mass is 32.2. The summed E-state index contributed by atoms with van der Waals surface area (Å²) in [6.45, 7) is 1.54. The molecular formula is C13H18N2O4S. The molecule has 0 radical (unpaired) electrons.